The minimum Gasteiger partial charge on any atom is -0.485 e. The minimum absolute atomic E-state index is 0.0613. The highest BCUT2D eigenvalue weighted by molar-refractivity contribution is 6.09. The Morgan fingerprint density at radius 3 is 1.80 bits per heavy atom. The number of para-hydroxylation sites is 3. The second kappa shape index (κ2) is 11.0. The van der Waals surface area contributed by atoms with Crippen molar-refractivity contribution in [3.05, 3.63) is 182 Å². The summed E-state index contributed by atoms with van der Waals surface area (Å²) in [6, 6.07) is 54.8. The molecule has 0 saturated heterocycles. The van der Waals surface area contributed by atoms with Crippen molar-refractivity contribution in [2.45, 2.75) is 12.0 Å². The molecule has 51 heavy (non-hydrogen) atoms. The number of benzene rings is 7. The number of allylic oxidation sites excluding steroid dienone is 2. The van der Waals surface area contributed by atoms with Gasteiger partial charge in [0.25, 0.3) is 0 Å². The predicted molar refractivity (Wildman–Crippen MR) is 210 cm³/mol. The third kappa shape index (κ3) is 4.45. The number of nitrogens with zero attached hydrogens (tertiary/aromatic N) is 1. The molecule has 0 saturated carbocycles. The summed E-state index contributed by atoms with van der Waals surface area (Å²) in [4.78, 5) is 0. The van der Waals surface area contributed by atoms with Gasteiger partial charge in [0.15, 0.2) is 0 Å². The van der Waals surface area contributed by atoms with Gasteiger partial charge in [-0.3, -0.25) is 0 Å². The number of hydrogen-bond acceptors (Lipinski definition) is 2. The number of rotatable bonds is 4. The molecule has 7 aromatic carbocycles. The monoisotopic (exact) mass is 653 g/mol. The van der Waals surface area contributed by atoms with Gasteiger partial charge in [0.1, 0.15) is 23.0 Å². The molecule has 0 bridgehead atoms. The van der Waals surface area contributed by atoms with E-state index in [9.17, 15) is 0 Å². The van der Waals surface area contributed by atoms with Crippen LogP contribution in [0.2, 0.25) is 0 Å². The molecule has 3 heteroatoms. The van der Waals surface area contributed by atoms with Crippen LogP contribution in [-0.2, 0) is 0 Å². The molecule has 0 spiro atoms. The molecule has 0 fully saturated rings. The summed E-state index contributed by atoms with van der Waals surface area (Å²) in [7, 11) is 0. The summed E-state index contributed by atoms with van der Waals surface area (Å²) in [5.41, 5.74) is 13.6. The molecule has 2 aromatic heterocycles. The first-order chi connectivity index (χ1) is 25.2. The van der Waals surface area contributed by atoms with E-state index in [2.05, 4.69) is 168 Å². The van der Waals surface area contributed by atoms with Gasteiger partial charge in [0.05, 0.1) is 11.0 Å². The average Bonchev–Trinajstić information content (AvgIpc) is 3.87. The fraction of sp³-hybridized carbons (Fsp3) is 0.0417. The Morgan fingerprint density at radius 2 is 1.02 bits per heavy atom. The van der Waals surface area contributed by atoms with Crippen LogP contribution >= 0.6 is 0 Å². The van der Waals surface area contributed by atoms with Crippen LogP contribution in [0, 0.1) is 0 Å². The molecule has 0 amide bonds. The summed E-state index contributed by atoms with van der Waals surface area (Å²) >= 11 is 0. The number of ether oxygens (including phenoxy) is 1. The smallest absolute Gasteiger partial charge is 0.135 e. The average molecular weight is 654 g/mol. The van der Waals surface area contributed by atoms with Gasteiger partial charge in [-0.25, -0.2) is 0 Å². The van der Waals surface area contributed by atoms with E-state index in [1.807, 2.05) is 12.1 Å². The number of hydrogen-bond donors (Lipinski definition) is 0. The van der Waals surface area contributed by atoms with Crippen LogP contribution in [0.4, 0.5) is 0 Å². The summed E-state index contributed by atoms with van der Waals surface area (Å²) < 4.78 is 14.8. The van der Waals surface area contributed by atoms with Crippen LogP contribution in [0.5, 0.6) is 5.75 Å². The topological polar surface area (TPSA) is 27.3 Å². The zero-order chi connectivity index (χ0) is 33.5. The molecule has 9 aromatic rings. The van der Waals surface area contributed by atoms with E-state index in [-0.39, 0.29) is 12.0 Å². The van der Waals surface area contributed by atoms with Crippen molar-refractivity contribution in [3.63, 3.8) is 0 Å². The van der Waals surface area contributed by atoms with Gasteiger partial charge < -0.3 is 13.7 Å². The summed E-state index contributed by atoms with van der Waals surface area (Å²) in [5.74, 6) is 1.21. The fourth-order valence-electron chi connectivity index (χ4n) is 8.26. The molecule has 240 valence electrons. The minimum atomic E-state index is 0.0613. The van der Waals surface area contributed by atoms with Gasteiger partial charge in [0, 0.05) is 38.7 Å². The van der Waals surface area contributed by atoms with E-state index in [0.29, 0.717) is 0 Å². The normalized spacial score (nSPS) is 16.2. The third-order valence-electron chi connectivity index (χ3n) is 10.7. The van der Waals surface area contributed by atoms with Crippen molar-refractivity contribution in [3.8, 4) is 44.8 Å². The third-order valence-corrected chi connectivity index (χ3v) is 10.7. The van der Waals surface area contributed by atoms with Crippen LogP contribution in [-0.4, -0.2) is 10.7 Å². The summed E-state index contributed by atoms with van der Waals surface area (Å²) in [6.45, 7) is 0. The highest BCUT2D eigenvalue weighted by Gasteiger charge is 2.32. The first-order valence-corrected chi connectivity index (χ1v) is 17.6. The number of furan rings is 1. The van der Waals surface area contributed by atoms with E-state index in [1.165, 1.54) is 60.8 Å². The van der Waals surface area contributed by atoms with Gasteiger partial charge >= 0.3 is 0 Å². The van der Waals surface area contributed by atoms with Crippen molar-refractivity contribution in [2.75, 3.05) is 0 Å². The van der Waals surface area contributed by atoms with E-state index in [0.717, 1.165) is 33.4 Å². The van der Waals surface area contributed by atoms with Crippen molar-refractivity contribution in [2.24, 2.45) is 0 Å². The second-order valence-corrected chi connectivity index (χ2v) is 13.7. The molecular formula is C48H31NO2. The molecule has 1 aliphatic carbocycles. The first kappa shape index (κ1) is 28.3. The summed E-state index contributed by atoms with van der Waals surface area (Å²) in [5, 5.41) is 4.79. The van der Waals surface area contributed by atoms with Gasteiger partial charge in [-0.15, -0.1) is 0 Å². The second-order valence-electron chi connectivity index (χ2n) is 13.7. The lowest BCUT2D eigenvalue weighted by atomic mass is 9.89. The molecule has 1 aliphatic heterocycles. The Balaban J connectivity index is 1.07. The lowest BCUT2D eigenvalue weighted by Crippen LogP contribution is -2.15. The van der Waals surface area contributed by atoms with Crippen molar-refractivity contribution >= 4 is 43.7 Å². The Labute approximate surface area is 295 Å². The SMILES string of the molecule is C1=CC2Oc3ccc(-c4cc(-c5ccc(-c6ccc7oc8ccccc8c7c6)cc5)cc(-n5c6ccccc6c6ccccc65)c4)cc3C2C=C1. The molecule has 2 unspecified atom stereocenters. The lowest BCUT2D eigenvalue weighted by molar-refractivity contribution is 0.269. The van der Waals surface area contributed by atoms with Crippen LogP contribution in [0.15, 0.2) is 180 Å². The van der Waals surface area contributed by atoms with Crippen LogP contribution in [0.1, 0.15) is 11.5 Å². The molecule has 0 N–H and O–H groups in total. The molecule has 0 radical (unpaired) electrons. The Kier molecular flexibility index (Phi) is 6.08. The lowest BCUT2D eigenvalue weighted by Gasteiger charge is -2.15. The molecule has 2 aliphatic rings. The maximum atomic E-state index is 6.31. The molecular weight excluding hydrogens is 623 g/mol. The number of fused-ring (bicyclic) bond motifs is 9. The standard InChI is InChI=1S/C48H31NO2/c1-5-13-43-37(9-1)38-10-2-6-14-44(38)49(43)36-26-34(25-35(27-36)33-22-24-48-42(29-33)40-12-4-8-16-46(40)51-48)31-19-17-30(18-20-31)32-21-23-47-41(28-32)39-11-3-7-15-45(39)50-47/h1-29,40,46H. The van der Waals surface area contributed by atoms with E-state index < -0.39 is 0 Å². The quantitative estimate of drug-likeness (QED) is 0.189. The van der Waals surface area contributed by atoms with Crippen LogP contribution < -0.4 is 4.74 Å². The Hall–Kier alpha value is -6.58. The van der Waals surface area contributed by atoms with Gasteiger partial charge in [-0.05, 0) is 100 Å². The molecule has 2 atom stereocenters. The molecule has 3 heterocycles. The maximum absolute atomic E-state index is 6.31. The highest BCUT2D eigenvalue weighted by atomic mass is 16.5. The van der Waals surface area contributed by atoms with E-state index in [1.54, 1.807) is 0 Å². The van der Waals surface area contributed by atoms with Crippen LogP contribution in [0.25, 0.3) is 82.8 Å². The van der Waals surface area contributed by atoms with Crippen molar-refractivity contribution in [1.29, 1.82) is 0 Å². The van der Waals surface area contributed by atoms with Gasteiger partial charge in [-0.1, -0.05) is 109 Å². The zero-order valence-corrected chi connectivity index (χ0v) is 27.7. The first-order valence-electron chi connectivity index (χ1n) is 17.6. The highest BCUT2D eigenvalue weighted by Crippen LogP contribution is 2.44. The largest absolute Gasteiger partial charge is 0.485 e. The van der Waals surface area contributed by atoms with Crippen molar-refractivity contribution < 1.29 is 9.15 Å². The zero-order valence-electron chi connectivity index (χ0n) is 27.7. The summed E-state index contributed by atoms with van der Waals surface area (Å²) in [6.07, 6.45) is 8.69. The van der Waals surface area contributed by atoms with Gasteiger partial charge in [0.2, 0.25) is 0 Å². The van der Waals surface area contributed by atoms with Crippen LogP contribution in [0.3, 0.4) is 0 Å². The maximum Gasteiger partial charge on any atom is 0.135 e. The Bertz CT molecular complexity index is 2850. The van der Waals surface area contributed by atoms with Gasteiger partial charge in [-0.2, -0.15) is 0 Å². The predicted octanol–water partition coefficient (Wildman–Crippen LogP) is 12.7. The molecule has 11 rings (SSSR count). The van der Waals surface area contributed by atoms with E-state index >= 15 is 0 Å². The van der Waals surface area contributed by atoms with Crippen molar-refractivity contribution in [1.82, 2.24) is 4.57 Å². The Morgan fingerprint density at radius 1 is 0.431 bits per heavy atom. The number of aromatic nitrogens is 1. The van der Waals surface area contributed by atoms with E-state index in [4.69, 9.17) is 9.15 Å². The molecule has 3 nitrogen and oxygen atoms in total. The fourth-order valence-corrected chi connectivity index (χ4v) is 8.26.